The van der Waals surface area contributed by atoms with Gasteiger partial charge < -0.3 is 49.9 Å². The number of carboxylic acid groups (broad SMARTS) is 6. The average Bonchev–Trinajstić information content (AvgIpc) is 3.36. The normalized spacial score (nSPS) is 13.6. The van der Waals surface area contributed by atoms with Crippen molar-refractivity contribution in [2.45, 2.75) is 39.5 Å². The number of aliphatic carboxylic acids is 6. The number of hydrogen-bond acceptors (Lipinski definition) is 16. The van der Waals surface area contributed by atoms with Gasteiger partial charge in [0.1, 0.15) is 0 Å². The number of anilines is 2. The molecular weight excluding hydrogens is 937 g/mol. The van der Waals surface area contributed by atoms with E-state index < -0.39 is 35.8 Å². The lowest BCUT2D eigenvalue weighted by atomic mass is 10.2. The van der Waals surface area contributed by atoms with Crippen LogP contribution in [0.1, 0.15) is 39.5 Å². The second-order valence-electron chi connectivity index (χ2n) is 15.3. The number of fused-ring (bicyclic) bond motifs is 2. The molecule has 4 heterocycles. The minimum atomic E-state index is -1.26. The minimum absolute atomic E-state index is 0.558. The Bertz CT molecular complexity index is 2240. The van der Waals surface area contributed by atoms with Crippen molar-refractivity contribution in [2.24, 2.45) is 0 Å². The fourth-order valence-electron chi connectivity index (χ4n) is 6.25. The largest absolute Gasteiger partial charge is 0.478 e. The van der Waals surface area contributed by atoms with E-state index in [9.17, 15) is 28.8 Å². The van der Waals surface area contributed by atoms with Crippen LogP contribution in [-0.4, -0.2) is 175 Å². The molecule has 2 aromatic heterocycles. The Hall–Kier alpha value is -8.24. The molecule has 0 atom stereocenters. The van der Waals surface area contributed by atoms with Crippen LogP contribution in [0, 0.1) is 0 Å². The van der Waals surface area contributed by atoms with Gasteiger partial charge in [-0.1, -0.05) is 63.1 Å². The van der Waals surface area contributed by atoms with Crippen molar-refractivity contribution in [1.82, 2.24) is 29.7 Å². The van der Waals surface area contributed by atoms with E-state index in [-0.39, 0.29) is 0 Å². The van der Waals surface area contributed by atoms with Crippen LogP contribution >= 0.6 is 0 Å². The van der Waals surface area contributed by atoms with Crippen LogP contribution in [-0.2, 0) is 28.8 Å². The van der Waals surface area contributed by atoms with Gasteiger partial charge in [-0.25, -0.2) is 38.7 Å². The molecule has 388 valence electrons. The maximum Gasteiger partial charge on any atom is 0.328 e. The van der Waals surface area contributed by atoms with Gasteiger partial charge in [-0.15, -0.1) is 13.2 Å². The molecule has 0 aliphatic carbocycles. The van der Waals surface area contributed by atoms with Crippen molar-refractivity contribution in [2.75, 3.05) is 88.5 Å². The van der Waals surface area contributed by atoms with E-state index in [1.165, 1.54) is 0 Å². The van der Waals surface area contributed by atoms with Gasteiger partial charge in [0.15, 0.2) is 0 Å². The number of para-hydroxylation sites is 2. The Morgan fingerprint density at radius 2 is 0.778 bits per heavy atom. The molecule has 2 saturated heterocycles. The third-order valence-electron chi connectivity index (χ3n) is 9.78. The number of carboxylic acids is 6. The van der Waals surface area contributed by atoms with Crippen LogP contribution in [0.15, 0.2) is 110 Å². The standard InChI is InChI=1S/2C19H26N4O.3C4H4O4/c2*1-3-5-15-24-18-16-8-6-7-9-17(16)20-19(21-18)23-13-11-22(10-4-2)12-14-23;3*5-3(6)1-2-4(7)8/h2*4,6-9H,2-3,5,10-15H2,1H3;3*1-2H,(H,5,6)(H,7,8). The molecule has 2 aliphatic rings. The number of aromatic nitrogens is 4. The molecule has 6 N–H and O–H groups in total. The van der Waals surface area contributed by atoms with Gasteiger partial charge in [0, 0.05) is 102 Å². The fourth-order valence-corrected chi connectivity index (χ4v) is 6.25. The summed E-state index contributed by atoms with van der Waals surface area (Å²) in [6.45, 7) is 23.0. The summed E-state index contributed by atoms with van der Waals surface area (Å²) < 4.78 is 11.9. The fraction of sp³-hybridized carbons (Fsp3) is 0.360. The molecule has 4 aromatic rings. The van der Waals surface area contributed by atoms with Gasteiger partial charge in [-0.05, 0) is 37.1 Å². The van der Waals surface area contributed by atoms with Gasteiger partial charge in [-0.3, -0.25) is 9.80 Å². The summed E-state index contributed by atoms with van der Waals surface area (Å²) >= 11 is 0. The summed E-state index contributed by atoms with van der Waals surface area (Å²) in [6.07, 6.45) is 11.6. The summed E-state index contributed by atoms with van der Waals surface area (Å²) in [5.41, 5.74) is 1.89. The molecule has 2 aromatic carbocycles. The summed E-state index contributed by atoms with van der Waals surface area (Å²) in [6, 6.07) is 16.2. The summed E-state index contributed by atoms with van der Waals surface area (Å²) in [5, 5.41) is 48.9. The predicted octanol–water partition coefficient (Wildman–Crippen LogP) is 5.37. The number of nitrogens with zero attached hydrogens (tertiary/aromatic N) is 8. The first-order valence-electron chi connectivity index (χ1n) is 22.9. The molecule has 0 amide bonds. The Morgan fingerprint density at radius 3 is 1.04 bits per heavy atom. The monoisotopic (exact) mass is 1000 g/mol. The van der Waals surface area contributed by atoms with Crippen molar-refractivity contribution >= 4 is 69.5 Å². The third-order valence-corrected chi connectivity index (χ3v) is 9.78. The van der Waals surface area contributed by atoms with Gasteiger partial charge in [-0.2, -0.15) is 9.97 Å². The highest BCUT2D eigenvalue weighted by atomic mass is 16.5. The molecule has 0 spiro atoms. The molecular formula is C50H64N8O14. The Balaban J connectivity index is 0.000000343. The van der Waals surface area contributed by atoms with Crippen LogP contribution in [0.5, 0.6) is 11.8 Å². The number of ether oxygens (including phenoxy) is 2. The van der Waals surface area contributed by atoms with Crippen molar-refractivity contribution in [3.63, 3.8) is 0 Å². The van der Waals surface area contributed by atoms with Crippen LogP contribution in [0.25, 0.3) is 21.8 Å². The maximum absolute atomic E-state index is 9.55. The maximum atomic E-state index is 9.55. The van der Waals surface area contributed by atoms with E-state index in [0.29, 0.717) is 61.4 Å². The number of piperazine rings is 2. The molecule has 22 heteroatoms. The molecule has 6 rings (SSSR count). The Kier molecular flexibility index (Phi) is 28.4. The molecule has 72 heavy (non-hydrogen) atoms. The lowest BCUT2D eigenvalue weighted by Crippen LogP contribution is -2.46. The number of benzene rings is 2. The molecule has 0 saturated carbocycles. The SMILES string of the molecule is C=CCN1CCN(c2nc(OCCCC)c3ccccc3n2)CC1.C=CCN1CCN(c2nc(OCCCC)c3ccccc3n2)CC1.O=C(O)C=CC(=O)O.O=C(O)C=CC(=O)O.O=C(O)C=CC(=O)O. The van der Waals surface area contributed by atoms with Gasteiger partial charge in [0.05, 0.1) is 35.0 Å². The Morgan fingerprint density at radius 1 is 0.486 bits per heavy atom. The first kappa shape index (κ1) is 59.9. The molecule has 0 radical (unpaired) electrons. The van der Waals surface area contributed by atoms with Gasteiger partial charge >= 0.3 is 35.8 Å². The van der Waals surface area contributed by atoms with E-state index in [2.05, 4.69) is 46.6 Å². The van der Waals surface area contributed by atoms with Gasteiger partial charge in [0.2, 0.25) is 23.7 Å². The van der Waals surface area contributed by atoms with Crippen molar-refractivity contribution < 1.29 is 68.9 Å². The molecule has 22 nitrogen and oxygen atoms in total. The van der Waals surface area contributed by atoms with Crippen LogP contribution < -0.4 is 19.3 Å². The molecule has 0 bridgehead atoms. The van der Waals surface area contributed by atoms with E-state index in [4.69, 9.17) is 60.0 Å². The van der Waals surface area contributed by atoms with Crippen molar-refractivity contribution in [3.05, 3.63) is 110 Å². The minimum Gasteiger partial charge on any atom is -0.478 e. The number of carbonyl (C=O) groups is 6. The summed E-state index contributed by atoms with van der Waals surface area (Å²) in [7, 11) is 0. The zero-order valence-corrected chi connectivity index (χ0v) is 40.5. The first-order valence-corrected chi connectivity index (χ1v) is 22.9. The van der Waals surface area contributed by atoms with E-state index in [1.54, 1.807) is 0 Å². The molecule has 2 fully saturated rings. The number of hydrogen-bond donors (Lipinski definition) is 6. The summed E-state index contributed by atoms with van der Waals surface area (Å²) in [5.74, 6) is -4.58. The van der Waals surface area contributed by atoms with E-state index >= 15 is 0 Å². The van der Waals surface area contributed by atoms with Gasteiger partial charge in [0.25, 0.3) is 0 Å². The average molecular weight is 1000 g/mol. The van der Waals surface area contributed by atoms with Crippen molar-refractivity contribution in [3.8, 4) is 11.8 Å². The lowest BCUT2D eigenvalue weighted by Gasteiger charge is -2.34. The van der Waals surface area contributed by atoms with Crippen LogP contribution in [0.4, 0.5) is 11.9 Å². The van der Waals surface area contributed by atoms with Crippen LogP contribution in [0.2, 0.25) is 0 Å². The number of rotatable bonds is 20. The highest BCUT2D eigenvalue weighted by molar-refractivity contribution is 5.91. The molecule has 0 unspecified atom stereocenters. The highest BCUT2D eigenvalue weighted by Crippen LogP contribution is 2.27. The molecule has 2 aliphatic heterocycles. The van der Waals surface area contributed by atoms with E-state index in [1.807, 2.05) is 60.7 Å². The second kappa shape index (κ2) is 34.1. The lowest BCUT2D eigenvalue weighted by molar-refractivity contribution is -0.134. The smallest absolute Gasteiger partial charge is 0.328 e. The quantitative estimate of drug-likeness (QED) is 0.0368. The second-order valence-corrected chi connectivity index (χ2v) is 15.3. The predicted molar refractivity (Wildman–Crippen MR) is 271 cm³/mol. The zero-order valence-electron chi connectivity index (χ0n) is 40.5. The Labute approximate surface area is 417 Å². The van der Waals surface area contributed by atoms with Crippen molar-refractivity contribution in [1.29, 1.82) is 0 Å². The topological polar surface area (TPSA) is 307 Å². The first-order chi connectivity index (χ1) is 34.5. The zero-order chi connectivity index (χ0) is 53.3. The van der Waals surface area contributed by atoms with Crippen LogP contribution in [0.3, 0.4) is 0 Å². The highest BCUT2D eigenvalue weighted by Gasteiger charge is 2.22. The summed E-state index contributed by atoms with van der Waals surface area (Å²) in [4.78, 5) is 85.6. The third kappa shape index (κ3) is 24.4. The van der Waals surface area contributed by atoms with E-state index in [0.717, 1.165) is 125 Å². The number of unbranched alkanes of at least 4 members (excludes halogenated alkanes) is 2.